The molecule has 0 amide bonds. The van der Waals surface area contributed by atoms with Crippen molar-refractivity contribution in [2.24, 2.45) is 0 Å². The lowest BCUT2D eigenvalue weighted by Gasteiger charge is -2.39. The summed E-state index contributed by atoms with van der Waals surface area (Å²) in [6.45, 7) is 1.57. The highest BCUT2D eigenvalue weighted by Crippen LogP contribution is 2.60. The average Bonchev–Trinajstić information content (AvgIpc) is 2.68. The Bertz CT molecular complexity index is 1020. The van der Waals surface area contributed by atoms with Crippen LogP contribution in [0.5, 0.6) is 0 Å². The van der Waals surface area contributed by atoms with Crippen LogP contribution in [0.25, 0.3) is 0 Å². The van der Waals surface area contributed by atoms with Crippen LogP contribution < -0.4 is 0 Å². The summed E-state index contributed by atoms with van der Waals surface area (Å²) in [4.78, 5) is -0.460. The van der Waals surface area contributed by atoms with Crippen LogP contribution in [-0.4, -0.2) is 48.8 Å². The molecule has 0 radical (unpaired) electrons. The van der Waals surface area contributed by atoms with E-state index in [4.69, 9.17) is 0 Å². The van der Waals surface area contributed by atoms with Gasteiger partial charge in [-0.05, 0) is 37.8 Å². The highest BCUT2D eigenvalue weighted by molar-refractivity contribution is 7.85. The van der Waals surface area contributed by atoms with Gasteiger partial charge in [0.2, 0.25) is 0 Å². The molecule has 0 unspecified atom stereocenters. The molecule has 36 heavy (non-hydrogen) atoms. The van der Waals surface area contributed by atoms with Gasteiger partial charge in [-0.15, -0.1) is 0 Å². The zero-order valence-corrected chi connectivity index (χ0v) is 18.9. The number of hydrogen-bond acceptors (Lipinski definition) is 2. The highest BCUT2D eigenvalue weighted by Gasteiger charge is 2.90. The van der Waals surface area contributed by atoms with Gasteiger partial charge in [-0.3, -0.25) is 4.55 Å². The largest absolute Gasteiger partial charge is 0.460 e. The van der Waals surface area contributed by atoms with Crippen molar-refractivity contribution >= 4 is 10.1 Å². The summed E-state index contributed by atoms with van der Waals surface area (Å²) in [5.74, 6) is -36.8. The number of alkyl halides is 13. The van der Waals surface area contributed by atoms with Crippen molar-refractivity contribution in [1.29, 1.82) is 0 Å². The predicted octanol–water partition coefficient (Wildman–Crippen LogP) is 7.47. The van der Waals surface area contributed by atoms with Crippen molar-refractivity contribution in [2.45, 2.75) is 86.1 Å². The number of unbranched alkanes of at least 4 members (excludes halogenated alkanes) is 3. The number of aryl methyl sites for hydroxylation is 2. The Balaban J connectivity index is 2.86. The highest BCUT2D eigenvalue weighted by atomic mass is 32.2. The second-order valence-corrected chi connectivity index (χ2v) is 9.39. The SMILES string of the molecule is Cc1ccc(S(=O)(=O)O)c(CCCCCCC(F)(F)C(F)(F)C(F)(F)C(F)(F)C(F)(F)C(F)(F)F)c1. The molecule has 0 aliphatic carbocycles. The summed E-state index contributed by atoms with van der Waals surface area (Å²) in [6, 6.07) is 3.82. The van der Waals surface area contributed by atoms with Gasteiger partial charge >= 0.3 is 35.8 Å². The molecule has 0 heterocycles. The van der Waals surface area contributed by atoms with E-state index in [1.165, 1.54) is 12.1 Å². The van der Waals surface area contributed by atoms with E-state index in [1.54, 1.807) is 6.92 Å². The van der Waals surface area contributed by atoms with Gasteiger partial charge in [0.1, 0.15) is 0 Å². The van der Waals surface area contributed by atoms with Crippen molar-refractivity contribution in [3.63, 3.8) is 0 Å². The molecule has 0 bridgehead atoms. The standard InChI is InChI=1S/C19H19F13O3S/c1-11-7-8-13(36(33,34)35)12(10-11)6-4-2-3-5-9-14(20,21)15(22,23)16(24,25)17(26,27)18(28,29)19(30,31)32/h7-8,10H,2-6,9H2,1H3,(H,33,34,35). The molecule has 0 saturated heterocycles. The first-order chi connectivity index (χ1) is 15.8. The minimum absolute atomic E-state index is 0.0000262. The molecule has 1 rings (SSSR count). The maximum Gasteiger partial charge on any atom is 0.460 e. The third-order valence-electron chi connectivity index (χ3n) is 5.18. The molecule has 0 aromatic heterocycles. The molecule has 1 N–H and O–H groups in total. The quantitative estimate of drug-likeness (QED) is 0.160. The second-order valence-electron chi connectivity index (χ2n) is 8.00. The van der Waals surface area contributed by atoms with Crippen molar-refractivity contribution < 1.29 is 70.0 Å². The molecule has 1 aromatic rings. The number of hydrogen-bond donors (Lipinski definition) is 1. The summed E-state index contributed by atoms with van der Waals surface area (Å²) >= 11 is 0. The number of halogens is 13. The summed E-state index contributed by atoms with van der Waals surface area (Å²) in [5, 5.41) is 0. The fourth-order valence-corrected chi connectivity index (χ4v) is 3.86. The lowest BCUT2D eigenvalue weighted by atomic mass is 9.91. The molecular formula is C19H19F13O3S. The molecule has 1 aromatic carbocycles. The lowest BCUT2D eigenvalue weighted by Crippen LogP contribution is -2.70. The predicted molar refractivity (Wildman–Crippen MR) is 98.6 cm³/mol. The average molecular weight is 574 g/mol. The van der Waals surface area contributed by atoms with E-state index in [9.17, 15) is 70.0 Å². The van der Waals surface area contributed by atoms with E-state index in [1.807, 2.05) is 0 Å². The maximum atomic E-state index is 13.7. The summed E-state index contributed by atoms with van der Waals surface area (Å²) < 4.78 is 202. The van der Waals surface area contributed by atoms with Crippen molar-refractivity contribution in [3.05, 3.63) is 29.3 Å². The Morgan fingerprint density at radius 1 is 0.694 bits per heavy atom. The van der Waals surface area contributed by atoms with Gasteiger partial charge in [0, 0.05) is 6.42 Å². The molecule has 0 fully saturated rings. The molecule has 0 atom stereocenters. The van der Waals surface area contributed by atoms with E-state index in [0.29, 0.717) is 5.56 Å². The fourth-order valence-electron chi connectivity index (χ4n) is 3.13. The molecule has 0 saturated carbocycles. The summed E-state index contributed by atoms with van der Waals surface area (Å²) in [6.07, 6.45) is -11.4. The van der Waals surface area contributed by atoms with E-state index in [-0.39, 0.29) is 24.8 Å². The van der Waals surface area contributed by atoms with Crippen LogP contribution in [0.2, 0.25) is 0 Å². The van der Waals surface area contributed by atoms with Gasteiger partial charge in [0.05, 0.1) is 4.90 Å². The van der Waals surface area contributed by atoms with Gasteiger partial charge in [-0.1, -0.05) is 30.5 Å². The third kappa shape index (κ3) is 6.02. The van der Waals surface area contributed by atoms with Crippen LogP contribution in [-0.2, 0) is 16.5 Å². The topological polar surface area (TPSA) is 54.4 Å². The van der Waals surface area contributed by atoms with Crippen LogP contribution in [0.4, 0.5) is 57.1 Å². The molecule has 0 aliphatic heterocycles. The number of rotatable bonds is 12. The zero-order valence-electron chi connectivity index (χ0n) is 18.1. The molecular weight excluding hydrogens is 555 g/mol. The van der Waals surface area contributed by atoms with Crippen LogP contribution in [0.15, 0.2) is 23.1 Å². The fraction of sp³-hybridized carbons (Fsp3) is 0.684. The molecule has 210 valence electrons. The Morgan fingerprint density at radius 3 is 1.64 bits per heavy atom. The second kappa shape index (κ2) is 10.2. The molecule has 3 nitrogen and oxygen atoms in total. The van der Waals surface area contributed by atoms with E-state index in [2.05, 4.69) is 0 Å². The Kier molecular flexibility index (Phi) is 9.11. The van der Waals surface area contributed by atoms with Crippen LogP contribution >= 0.6 is 0 Å². The molecule has 0 spiro atoms. The van der Waals surface area contributed by atoms with Crippen molar-refractivity contribution in [2.75, 3.05) is 0 Å². The Morgan fingerprint density at radius 2 is 1.17 bits per heavy atom. The van der Waals surface area contributed by atoms with E-state index < -0.39 is 70.1 Å². The van der Waals surface area contributed by atoms with Gasteiger partial charge in [0.15, 0.2) is 0 Å². The number of benzene rings is 1. The molecule has 0 aliphatic rings. The smallest absolute Gasteiger partial charge is 0.282 e. The zero-order chi connectivity index (χ0) is 28.6. The van der Waals surface area contributed by atoms with Gasteiger partial charge in [-0.2, -0.15) is 65.5 Å². The Hall–Kier alpha value is -1.78. The lowest BCUT2D eigenvalue weighted by molar-refractivity contribution is -0.440. The maximum absolute atomic E-state index is 13.7. The molecule has 17 heteroatoms. The van der Waals surface area contributed by atoms with Crippen LogP contribution in [0.1, 0.15) is 43.2 Å². The normalized spacial score (nSPS) is 14.9. The summed E-state index contributed by atoms with van der Waals surface area (Å²) in [5.41, 5.74) is 0.690. The monoisotopic (exact) mass is 574 g/mol. The van der Waals surface area contributed by atoms with E-state index >= 15 is 0 Å². The first kappa shape index (κ1) is 32.2. The van der Waals surface area contributed by atoms with Crippen molar-refractivity contribution in [3.8, 4) is 0 Å². The first-order valence-electron chi connectivity index (χ1n) is 9.87. The third-order valence-corrected chi connectivity index (χ3v) is 6.13. The minimum Gasteiger partial charge on any atom is -0.282 e. The van der Waals surface area contributed by atoms with Gasteiger partial charge in [0.25, 0.3) is 10.1 Å². The van der Waals surface area contributed by atoms with E-state index in [0.717, 1.165) is 6.07 Å². The Labute approximate surface area is 196 Å². The van der Waals surface area contributed by atoms with Gasteiger partial charge < -0.3 is 0 Å². The van der Waals surface area contributed by atoms with Crippen LogP contribution in [0, 0.1) is 6.92 Å². The van der Waals surface area contributed by atoms with Crippen LogP contribution in [0.3, 0.4) is 0 Å². The minimum atomic E-state index is -7.91. The summed E-state index contributed by atoms with van der Waals surface area (Å²) in [7, 11) is -4.62. The van der Waals surface area contributed by atoms with Gasteiger partial charge in [-0.25, -0.2) is 0 Å². The first-order valence-corrected chi connectivity index (χ1v) is 11.3. The van der Waals surface area contributed by atoms with Crippen molar-refractivity contribution in [1.82, 2.24) is 0 Å².